The van der Waals surface area contributed by atoms with Crippen LogP contribution in [-0.2, 0) is 6.54 Å². The summed E-state index contributed by atoms with van der Waals surface area (Å²) in [6.45, 7) is 0.421. The van der Waals surface area contributed by atoms with E-state index in [4.69, 9.17) is 0 Å². The molecule has 0 aliphatic heterocycles. The van der Waals surface area contributed by atoms with E-state index in [1.807, 2.05) is 18.2 Å². The van der Waals surface area contributed by atoms with Gasteiger partial charge in [-0.25, -0.2) is 0 Å². The third-order valence-corrected chi connectivity index (χ3v) is 4.39. The first kappa shape index (κ1) is 12.8. The molecule has 3 rings (SSSR count). The molecule has 0 radical (unpaired) electrons. The van der Waals surface area contributed by atoms with Crippen LogP contribution in [0.25, 0.3) is 11.0 Å². The van der Waals surface area contributed by atoms with Gasteiger partial charge in [0, 0.05) is 0 Å². The molecule has 0 aliphatic carbocycles. The number of hydrogen-bond donors (Lipinski definition) is 1. The normalized spacial score (nSPS) is 10.8. The molecule has 6 heteroatoms. The van der Waals surface area contributed by atoms with E-state index in [0.29, 0.717) is 12.1 Å². The Morgan fingerprint density at radius 3 is 3.00 bits per heavy atom. The molecule has 96 valence electrons. The molecule has 0 saturated heterocycles. The fourth-order valence-electron chi connectivity index (χ4n) is 1.82. The van der Waals surface area contributed by atoms with E-state index in [1.54, 1.807) is 12.1 Å². The molecule has 0 saturated carbocycles. The number of hydrogen-bond acceptors (Lipinski definition) is 3. The topological polar surface area (TPSA) is 37.8 Å². The average Bonchev–Trinajstić information content (AvgIpc) is 2.88. The molecule has 0 spiro atoms. The van der Waals surface area contributed by atoms with E-state index in [1.165, 1.54) is 6.07 Å². The van der Waals surface area contributed by atoms with Gasteiger partial charge >= 0.3 is 124 Å². The van der Waals surface area contributed by atoms with Crippen LogP contribution < -0.4 is 5.32 Å². The molecular weight excluding hydrogens is 376 g/mol. The molecule has 1 aromatic heterocycles. The van der Waals surface area contributed by atoms with Gasteiger partial charge < -0.3 is 0 Å². The van der Waals surface area contributed by atoms with Crippen LogP contribution in [0.5, 0.6) is 0 Å². The molecule has 1 heterocycles. The molecule has 0 fully saturated rings. The Morgan fingerprint density at radius 1 is 1.21 bits per heavy atom. The summed E-state index contributed by atoms with van der Waals surface area (Å²) < 4.78 is 23.2. The first-order chi connectivity index (χ1) is 9.24. The summed E-state index contributed by atoms with van der Waals surface area (Å²) in [4.78, 5) is 0. The van der Waals surface area contributed by atoms with Crippen molar-refractivity contribution in [2.45, 2.75) is 6.54 Å². The number of anilines is 1. The molecule has 19 heavy (non-hydrogen) atoms. The second-order valence-corrected chi connectivity index (χ2v) is 6.05. The minimum atomic E-state index is -0.214. The van der Waals surface area contributed by atoms with E-state index in [2.05, 4.69) is 29.2 Å². The zero-order chi connectivity index (χ0) is 13.2. The third kappa shape index (κ3) is 2.71. The molecule has 3 nitrogen and oxygen atoms in total. The second-order valence-electron chi connectivity index (χ2n) is 4.03. The Hall–Kier alpha value is -1.23. The van der Waals surface area contributed by atoms with Crippen molar-refractivity contribution < 1.29 is 4.39 Å². The Morgan fingerprint density at radius 2 is 2.11 bits per heavy atom. The van der Waals surface area contributed by atoms with Crippen LogP contribution in [0.15, 0.2) is 40.9 Å². The van der Waals surface area contributed by atoms with E-state index in [-0.39, 0.29) is 20.8 Å². The van der Waals surface area contributed by atoms with Gasteiger partial charge in [0.15, 0.2) is 0 Å². The molecule has 0 atom stereocenters. The van der Waals surface area contributed by atoms with Crippen molar-refractivity contribution in [1.82, 2.24) is 7.96 Å². The van der Waals surface area contributed by atoms with Gasteiger partial charge in [0.1, 0.15) is 0 Å². The summed E-state index contributed by atoms with van der Waals surface area (Å²) >= 11 is 3.29. The van der Waals surface area contributed by atoms with Crippen molar-refractivity contribution in [3.05, 3.63) is 52.3 Å². The number of benzene rings is 2. The van der Waals surface area contributed by atoms with Gasteiger partial charge in [-0.1, -0.05) is 0 Å². The number of aromatic nitrogens is 2. The number of halogens is 2. The molecule has 2 aromatic carbocycles. The van der Waals surface area contributed by atoms with Crippen LogP contribution >= 0.6 is 15.9 Å². The van der Waals surface area contributed by atoms with Crippen LogP contribution in [-0.4, -0.2) is 22.9 Å². The maximum absolute atomic E-state index is 13.6. The Labute approximate surface area is 124 Å². The Balaban J connectivity index is 1.86. The van der Waals surface area contributed by atoms with Gasteiger partial charge in [-0.15, -0.1) is 0 Å². The van der Waals surface area contributed by atoms with Crippen molar-refractivity contribution >= 4 is 47.6 Å². The SMILES string of the molecule is Fc1ccc(Br)cc1CNc1cccc2n[se]nc12. The van der Waals surface area contributed by atoms with Crippen molar-refractivity contribution in [2.75, 3.05) is 5.32 Å². The van der Waals surface area contributed by atoms with Crippen molar-refractivity contribution in [2.24, 2.45) is 0 Å². The maximum atomic E-state index is 13.6. The van der Waals surface area contributed by atoms with Crippen LogP contribution in [0.1, 0.15) is 5.56 Å². The second kappa shape index (κ2) is 5.41. The number of rotatable bonds is 3. The van der Waals surface area contributed by atoms with Gasteiger partial charge in [0.25, 0.3) is 0 Å². The Bertz CT molecular complexity index is 729. The van der Waals surface area contributed by atoms with Crippen LogP contribution in [0, 0.1) is 5.82 Å². The first-order valence-corrected chi connectivity index (χ1v) is 7.95. The molecule has 0 amide bonds. The van der Waals surface area contributed by atoms with Gasteiger partial charge in [-0.3, -0.25) is 0 Å². The molecule has 0 bridgehead atoms. The zero-order valence-electron chi connectivity index (χ0n) is 9.73. The molecule has 0 aliphatic rings. The average molecular weight is 385 g/mol. The van der Waals surface area contributed by atoms with Gasteiger partial charge in [-0.05, 0) is 0 Å². The Kier molecular flexibility index (Phi) is 3.64. The summed E-state index contributed by atoms with van der Waals surface area (Å²) in [5.41, 5.74) is 3.32. The summed E-state index contributed by atoms with van der Waals surface area (Å²) in [6.07, 6.45) is 0. The van der Waals surface area contributed by atoms with Crippen molar-refractivity contribution in [3.63, 3.8) is 0 Å². The number of nitrogens with zero attached hydrogens (tertiary/aromatic N) is 2. The third-order valence-electron chi connectivity index (χ3n) is 2.76. The standard InChI is InChI=1S/C13H9BrFN3Se/c14-9-4-5-10(15)8(6-9)7-16-11-2-1-3-12-13(11)18-19-17-12/h1-6,16H,7H2. The van der Waals surface area contributed by atoms with Crippen molar-refractivity contribution in [3.8, 4) is 0 Å². The summed E-state index contributed by atoms with van der Waals surface area (Å²) in [5.74, 6) is -0.214. The van der Waals surface area contributed by atoms with Crippen LogP contribution in [0.3, 0.4) is 0 Å². The van der Waals surface area contributed by atoms with E-state index in [0.717, 1.165) is 21.2 Å². The number of fused-ring (bicyclic) bond motifs is 1. The molecular formula is C13H9BrFN3Se. The van der Waals surface area contributed by atoms with E-state index >= 15 is 0 Å². The van der Waals surface area contributed by atoms with Gasteiger partial charge in [0.05, 0.1) is 0 Å². The zero-order valence-corrected chi connectivity index (χ0v) is 13.0. The van der Waals surface area contributed by atoms with Gasteiger partial charge in [-0.2, -0.15) is 0 Å². The number of nitrogens with one attached hydrogen (secondary N) is 1. The molecule has 0 unspecified atom stereocenters. The van der Waals surface area contributed by atoms with Crippen LogP contribution in [0.4, 0.5) is 10.1 Å². The summed E-state index contributed by atoms with van der Waals surface area (Å²) in [6, 6.07) is 10.7. The molecule has 1 N–H and O–H groups in total. The first-order valence-electron chi connectivity index (χ1n) is 5.63. The van der Waals surface area contributed by atoms with E-state index < -0.39 is 0 Å². The summed E-state index contributed by atoms with van der Waals surface area (Å²) in [7, 11) is 0. The molecule has 3 aromatic rings. The predicted molar refractivity (Wildman–Crippen MR) is 77.9 cm³/mol. The van der Waals surface area contributed by atoms with E-state index in [9.17, 15) is 4.39 Å². The van der Waals surface area contributed by atoms with Crippen molar-refractivity contribution in [1.29, 1.82) is 0 Å². The minimum absolute atomic E-state index is 0.0544. The quantitative estimate of drug-likeness (QED) is 0.704. The fourth-order valence-corrected chi connectivity index (χ4v) is 3.38. The van der Waals surface area contributed by atoms with Crippen LogP contribution in [0.2, 0.25) is 0 Å². The monoisotopic (exact) mass is 385 g/mol. The predicted octanol–water partition coefficient (Wildman–Crippen LogP) is 3.20. The van der Waals surface area contributed by atoms with Gasteiger partial charge in [0.2, 0.25) is 0 Å². The summed E-state index contributed by atoms with van der Waals surface area (Å²) in [5, 5.41) is 3.22. The fraction of sp³-hybridized carbons (Fsp3) is 0.0769.